The highest BCUT2D eigenvalue weighted by Crippen LogP contribution is 2.25. The second-order valence-electron chi connectivity index (χ2n) is 8.89. The van der Waals surface area contributed by atoms with E-state index in [1.165, 1.54) is 0 Å². The first kappa shape index (κ1) is 21.8. The Morgan fingerprint density at radius 3 is 2.62 bits per heavy atom. The van der Waals surface area contributed by atoms with E-state index in [2.05, 4.69) is 36.6 Å². The van der Waals surface area contributed by atoms with Crippen LogP contribution in [0.2, 0.25) is 0 Å². The highest BCUT2D eigenvalue weighted by molar-refractivity contribution is 6.02. The van der Waals surface area contributed by atoms with Gasteiger partial charge in [0, 0.05) is 42.7 Å². The quantitative estimate of drug-likeness (QED) is 0.579. The van der Waals surface area contributed by atoms with E-state index in [1.807, 2.05) is 18.5 Å². The van der Waals surface area contributed by atoms with Crippen molar-refractivity contribution in [3.63, 3.8) is 0 Å². The van der Waals surface area contributed by atoms with Crippen LogP contribution in [-0.4, -0.2) is 53.2 Å². The van der Waals surface area contributed by atoms with Crippen LogP contribution in [0, 0.1) is 5.41 Å². The van der Waals surface area contributed by atoms with Gasteiger partial charge in [-0.2, -0.15) is 0 Å². The van der Waals surface area contributed by atoms with E-state index in [0.717, 1.165) is 54.2 Å². The fourth-order valence-electron chi connectivity index (χ4n) is 3.45. The zero-order chi connectivity index (χ0) is 22.7. The molecule has 0 aliphatic carbocycles. The molecule has 3 N–H and O–H groups in total. The molecular weight excluding hydrogens is 408 g/mol. The molecule has 0 unspecified atom stereocenters. The molecule has 1 fully saturated rings. The van der Waals surface area contributed by atoms with Gasteiger partial charge in [0.1, 0.15) is 11.5 Å². The molecule has 168 valence electrons. The molecule has 1 saturated heterocycles. The molecule has 9 heteroatoms. The molecule has 1 aliphatic rings. The summed E-state index contributed by atoms with van der Waals surface area (Å²) >= 11 is 0. The van der Waals surface area contributed by atoms with E-state index in [4.69, 9.17) is 4.74 Å². The van der Waals surface area contributed by atoms with Gasteiger partial charge in [-0.25, -0.2) is 14.8 Å². The average Bonchev–Trinajstić information content (AvgIpc) is 3.17. The summed E-state index contributed by atoms with van der Waals surface area (Å²) in [7, 11) is 0. The molecule has 3 aromatic heterocycles. The van der Waals surface area contributed by atoms with Crippen molar-refractivity contribution in [1.29, 1.82) is 0 Å². The lowest BCUT2D eigenvalue weighted by Gasteiger charge is -2.28. The number of H-pyrrole nitrogens is 1. The summed E-state index contributed by atoms with van der Waals surface area (Å²) in [5, 5.41) is 5.99. The minimum absolute atomic E-state index is 0.351. The van der Waals surface area contributed by atoms with Gasteiger partial charge in [0.15, 0.2) is 0 Å². The second kappa shape index (κ2) is 8.96. The second-order valence-corrected chi connectivity index (χ2v) is 8.89. The number of fused-ring (bicyclic) bond motifs is 1. The zero-order valence-electron chi connectivity index (χ0n) is 18.6. The van der Waals surface area contributed by atoms with Gasteiger partial charge >= 0.3 is 6.03 Å². The minimum Gasteiger partial charge on any atom is -0.378 e. The maximum Gasteiger partial charge on any atom is 0.327 e. The van der Waals surface area contributed by atoms with Gasteiger partial charge in [0.05, 0.1) is 25.1 Å². The van der Waals surface area contributed by atoms with E-state index in [-0.39, 0.29) is 5.91 Å². The number of urea groups is 1. The van der Waals surface area contributed by atoms with Crippen LogP contribution in [0.5, 0.6) is 0 Å². The molecule has 0 atom stereocenters. The summed E-state index contributed by atoms with van der Waals surface area (Å²) in [6.07, 6.45) is 6.26. The molecule has 32 heavy (non-hydrogen) atoms. The number of carbonyl (C=O) groups excluding carboxylic acids is 2. The monoisotopic (exact) mass is 436 g/mol. The third-order valence-corrected chi connectivity index (χ3v) is 5.35. The third-order valence-electron chi connectivity index (χ3n) is 5.35. The number of hydrogen-bond acceptors (Lipinski definition) is 6. The lowest BCUT2D eigenvalue weighted by atomic mass is 9.96. The van der Waals surface area contributed by atoms with Crippen molar-refractivity contribution in [3.8, 4) is 0 Å². The van der Waals surface area contributed by atoms with Crippen molar-refractivity contribution in [3.05, 3.63) is 47.9 Å². The van der Waals surface area contributed by atoms with Gasteiger partial charge < -0.3 is 14.6 Å². The van der Waals surface area contributed by atoms with Gasteiger partial charge in [-0.15, -0.1) is 0 Å². The third kappa shape index (κ3) is 5.05. The van der Waals surface area contributed by atoms with Gasteiger partial charge in [0.25, 0.3) is 0 Å². The van der Waals surface area contributed by atoms with E-state index >= 15 is 0 Å². The fraction of sp³-hybridized carbons (Fsp3) is 0.391. The number of aromatic nitrogens is 3. The van der Waals surface area contributed by atoms with Crippen LogP contribution in [0.1, 0.15) is 31.9 Å². The normalized spacial score (nSPS) is 14.4. The summed E-state index contributed by atoms with van der Waals surface area (Å²) in [6.45, 7) is 8.41. The smallest absolute Gasteiger partial charge is 0.327 e. The maximum absolute atomic E-state index is 12.0. The number of pyridine rings is 2. The largest absolute Gasteiger partial charge is 0.378 e. The number of hydrogen-bond donors (Lipinski definition) is 3. The standard InChI is InChI=1S/C23H28N6O3/c1-23(2,3)21(30)28-22(31)27-19-5-4-15(12-24-19)10-16-13-25-20-18(16)11-17(14-26-20)29-6-8-32-9-7-29/h4-5,11-14H,6-10H2,1-3H3,(H,25,26)(H2,24,27,28,30,31). The Morgan fingerprint density at radius 1 is 1.16 bits per heavy atom. The number of rotatable bonds is 4. The lowest BCUT2D eigenvalue weighted by Crippen LogP contribution is -2.41. The molecule has 1 aliphatic heterocycles. The molecule has 0 aromatic carbocycles. The minimum atomic E-state index is -0.648. The first-order valence-electron chi connectivity index (χ1n) is 10.7. The van der Waals surface area contributed by atoms with Crippen molar-refractivity contribution >= 4 is 34.5 Å². The van der Waals surface area contributed by atoms with Gasteiger partial charge in [-0.1, -0.05) is 26.8 Å². The first-order chi connectivity index (χ1) is 15.3. The van der Waals surface area contributed by atoms with Crippen molar-refractivity contribution in [2.45, 2.75) is 27.2 Å². The number of aromatic amines is 1. The Morgan fingerprint density at radius 2 is 1.94 bits per heavy atom. The molecule has 0 spiro atoms. The van der Waals surface area contributed by atoms with Crippen molar-refractivity contribution in [2.24, 2.45) is 5.41 Å². The Kier molecular flexibility index (Phi) is 6.09. The number of amides is 3. The van der Waals surface area contributed by atoms with Gasteiger partial charge in [-0.05, 0) is 23.3 Å². The first-order valence-corrected chi connectivity index (χ1v) is 10.7. The Bertz CT molecular complexity index is 1110. The van der Waals surface area contributed by atoms with Crippen molar-refractivity contribution in [2.75, 3.05) is 36.5 Å². The van der Waals surface area contributed by atoms with E-state index in [1.54, 1.807) is 33.0 Å². The Balaban J connectivity index is 1.43. The average molecular weight is 437 g/mol. The topological polar surface area (TPSA) is 112 Å². The molecule has 3 aromatic rings. The van der Waals surface area contributed by atoms with Crippen LogP contribution in [0.3, 0.4) is 0 Å². The highest BCUT2D eigenvalue weighted by atomic mass is 16.5. The molecular formula is C23H28N6O3. The summed E-state index contributed by atoms with van der Waals surface area (Å²) in [5.41, 5.74) is 3.42. The summed E-state index contributed by atoms with van der Waals surface area (Å²) in [4.78, 5) is 38.3. The fourth-order valence-corrected chi connectivity index (χ4v) is 3.45. The number of ether oxygens (including phenoxy) is 1. The maximum atomic E-state index is 12.0. The predicted molar refractivity (Wildman–Crippen MR) is 123 cm³/mol. The summed E-state index contributed by atoms with van der Waals surface area (Å²) in [6, 6.07) is 5.21. The molecule has 3 amide bonds. The predicted octanol–water partition coefficient (Wildman–Crippen LogP) is 3.08. The van der Waals surface area contributed by atoms with Crippen molar-refractivity contribution in [1.82, 2.24) is 20.3 Å². The molecule has 0 bridgehead atoms. The number of carbonyl (C=O) groups is 2. The van der Waals surface area contributed by atoms with E-state index in [9.17, 15) is 9.59 Å². The van der Waals surface area contributed by atoms with E-state index in [0.29, 0.717) is 12.2 Å². The van der Waals surface area contributed by atoms with Crippen LogP contribution >= 0.6 is 0 Å². The Labute approximate surface area is 186 Å². The van der Waals surface area contributed by atoms with Gasteiger partial charge in [-0.3, -0.25) is 15.4 Å². The number of imide groups is 1. The molecule has 4 rings (SSSR count). The summed E-state index contributed by atoms with van der Waals surface area (Å²) in [5.74, 6) is 0.0270. The van der Waals surface area contributed by atoms with E-state index < -0.39 is 11.4 Å². The highest BCUT2D eigenvalue weighted by Gasteiger charge is 2.23. The summed E-state index contributed by atoms with van der Waals surface area (Å²) < 4.78 is 5.44. The zero-order valence-corrected chi connectivity index (χ0v) is 18.6. The van der Waals surface area contributed by atoms with Crippen LogP contribution in [0.4, 0.5) is 16.3 Å². The lowest BCUT2D eigenvalue weighted by molar-refractivity contribution is -0.127. The van der Waals surface area contributed by atoms with Crippen LogP contribution in [0.25, 0.3) is 11.0 Å². The molecule has 0 radical (unpaired) electrons. The SMILES string of the molecule is CC(C)(C)C(=O)NC(=O)Nc1ccc(Cc2c[nH]c3ncc(N4CCOCC4)cc23)cn1. The Hall–Kier alpha value is -3.46. The number of morpholine rings is 1. The number of nitrogens with zero attached hydrogens (tertiary/aromatic N) is 3. The molecule has 0 saturated carbocycles. The molecule has 4 heterocycles. The van der Waals surface area contributed by atoms with Crippen LogP contribution < -0.4 is 15.5 Å². The molecule has 9 nitrogen and oxygen atoms in total. The van der Waals surface area contributed by atoms with Gasteiger partial charge in [0.2, 0.25) is 5.91 Å². The number of nitrogens with one attached hydrogen (secondary N) is 3. The number of anilines is 2. The van der Waals surface area contributed by atoms with Crippen molar-refractivity contribution < 1.29 is 14.3 Å². The van der Waals surface area contributed by atoms with Crippen LogP contribution in [-0.2, 0) is 16.0 Å². The van der Waals surface area contributed by atoms with Crippen LogP contribution in [0.15, 0.2) is 36.8 Å².